The number of carbonyl (C=O) groups is 2. The molecular formula is C24H30Cl2N2O3. The highest BCUT2D eigenvalue weighted by molar-refractivity contribution is 6.36. The normalized spacial score (nSPS) is 11.7. The van der Waals surface area contributed by atoms with E-state index in [1.807, 2.05) is 32.0 Å². The molecular weight excluding hydrogens is 435 g/mol. The molecule has 0 bridgehead atoms. The highest BCUT2D eigenvalue weighted by Crippen LogP contribution is 2.26. The monoisotopic (exact) mass is 464 g/mol. The number of nitrogens with one attached hydrogen (secondary N) is 1. The number of nitrogens with zero attached hydrogens (tertiary/aromatic N) is 1. The summed E-state index contributed by atoms with van der Waals surface area (Å²) in [5, 5.41) is 3.77. The topological polar surface area (TPSA) is 58.6 Å². The Bertz CT molecular complexity index is 897. The summed E-state index contributed by atoms with van der Waals surface area (Å²) in [7, 11) is 0. The van der Waals surface area contributed by atoms with Gasteiger partial charge >= 0.3 is 0 Å². The lowest BCUT2D eigenvalue weighted by molar-refractivity contribution is -0.142. The summed E-state index contributed by atoms with van der Waals surface area (Å²) in [5.41, 5.74) is 2.82. The first-order valence-corrected chi connectivity index (χ1v) is 11.2. The molecule has 0 aliphatic heterocycles. The van der Waals surface area contributed by atoms with E-state index in [1.54, 1.807) is 25.1 Å². The van der Waals surface area contributed by atoms with Crippen LogP contribution in [0.5, 0.6) is 5.75 Å². The van der Waals surface area contributed by atoms with Crippen LogP contribution in [0.1, 0.15) is 43.4 Å². The zero-order valence-electron chi connectivity index (χ0n) is 18.5. The van der Waals surface area contributed by atoms with E-state index in [2.05, 4.69) is 12.2 Å². The molecule has 2 aromatic carbocycles. The molecule has 0 radical (unpaired) electrons. The van der Waals surface area contributed by atoms with Gasteiger partial charge in [-0.25, -0.2) is 0 Å². The summed E-state index contributed by atoms with van der Waals surface area (Å²) < 4.78 is 5.72. The van der Waals surface area contributed by atoms with Gasteiger partial charge in [-0.1, -0.05) is 48.7 Å². The predicted molar refractivity (Wildman–Crippen MR) is 126 cm³/mol. The standard InChI is InChI=1S/C24H30Cl2N2O3/c1-5-6-12-27-24(30)18(4)28(14-20-21(25)8-7-9-22(20)26)23(29)15-31-19-11-10-16(2)17(3)13-19/h7-11,13,18H,5-6,12,14-15H2,1-4H3,(H,27,30)/t18-/m1/s1. The average molecular weight is 465 g/mol. The summed E-state index contributed by atoms with van der Waals surface area (Å²) in [6.07, 6.45) is 1.84. The Morgan fingerprint density at radius 1 is 1.10 bits per heavy atom. The molecule has 0 fully saturated rings. The molecule has 0 spiro atoms. The second-order valence-electron chi connectivity index (χ2n) is 7.58. The number of unbranched alkanes of at least 4 members (excludes halogenated alkanes) is 1. The van der Waals surface area contributed by atoms with Gasteiger partial charge in [0.1, 0.15) is 11.8 Å². The van der Waals surface area contributed by atoms with Gasteiger partial charge in [0.25, 0.3) is 5.91 Å². The Labute approximate surface area is 194 Å². The quantitative estimate of drug-likeness (QED) is 0.483. The van der Waals surface area contributed by atoms with Gasteiger partial charge in [-0.3, -0.25) is 9.59 Å². The van der Waals surface area contributed by atoms with Crippen LogP contribution in [0.25, 0.3) is 0 Å². The summed E-state index contributed by atoms with van der Waals surface area (Å²) >= 11 is 12.6. The van der Waals surface area contributed by atoms with Crippen molar-refractivity contribution in [3.8, 4) is 5.75 Å². The number of hydrogen-bond acceptors (Lipinski definition) is 3. The van der Waals surface area contributed by atoms with Crippen molar-refractivity contribution in [2.24, 2.45) is 0 Å². The first-order valence-electron chi connectivity index (χ1n) is 10.4. The van der Waals surface area contributed by atoms with Gasteiger partial charge in [-0.2, -0.15) is 0 Å². The first kappa shape index (κ1) is 25.0. The number of benzene rings is 2. The van der Waals surface area contributed by atoms with Crippen LogP contribution in [0.15, 0.2) is 36.4 Å². The Kier molecular flexibility index (Phi) is 9.66. The maximum Gasteiger partial charge on any atom is 0.261 e. The highest BCUT2D eigenvalue weighted by Gasteiger charge is 2.27. The fourth-order valence-electron chi connectivity index (χ4n) is 3.00. The van der Waals surface area contributed by atoms with Crippen molar-refractivity contribution in [3.63, 3.8) is 0 Å². The molecule has 0 aromatic heterocycles. The molecule has 7 heteroatoms. The third-order valence-corrected chi connectivity index (χ3v) is 5.94. The molecule has 168 valence electrons. The van der Waals surface area contributed by atoms with Crippen LogP contribution < -0.4 is 10.1 Å². The van der Waals surface area contributed by atoms with E-state index < -0.39 is 6.04 Å². The van der Waals surface area contributed by atoms with E-state index in [9.17, 15) is 9.59 Å². The molecule has 0 aliphatic carbocycles. The van der Waals surface area contributed by atoms with Gasteiger partial charge < -0.3 is 15.0 Å². The SMILES string of the molecule is CCCCNC(=O)[C@@H](C)N(Cc1c(Cl)cccc1Cl)C(=O)COc1ccc(C)c(C)c1. The van der Waals surface area contributed by atoms with Crippen molar-refractivity contribution in [1.29, 1.82) is 0 Å². The van der Waals surface area contributed by atoms with Crippen LogP contribution in [0.2, 0.25) is 10.0 Å². The molecule has 31 heavy (non-hydrogen) atoms. The zero-order chi connectivity index (χ0) is 23.0. The minimum Gasteiger partial charge on any atom is -0.484 e. The van der Waals surface area contributed by atoms with E-state index in [4.69, 9.17) is 27.9 Å². The minimum absolute atomic E-state index is 0.107. The molecule has 1 atom stereocenters. The molecule has 0 aliphatic rings. The van der Waals surface area contributed by atoms with Gasteiger partial charge in [-0.05, 0) is 62.6 Å². The highest BCUT2D eigenvalue weighted by atomic mass is 35.5. The Balaban J connectivity index is 2.19. The van der Waals surface area contributed by atoms with Gasteiger partial charge in [0.15, 0.2) is 6.61 Å². The Morgan fingerprint density at radius 3 is 2.39 bits per heavy atom. The average Bonchev–Trinajstić information content (AvgIpc) is 2.74. The van der Waals surface area contributed by atoms with Crippen LogP contribution in [-0.2, 0) is 16.1 Å². The third kappa shape index (κ3) is 7.15. The van der Waals surface area contributed by atoms with E-state index in [0.29, 0.717) is 27.9 Å². The number of hydrogen-bond donors (Lipinski definition) is 1. The summed E-state index contributed by atoms with van der Waals surface area (Å²) in [5.74, 6) is 0.0516. The number of amides is 2. The lowest BCUT2D eigenvalue weighted by Crippen LogP contribution is -2.49. The van der Waals surface area contributed by atoms with Crippen LogP contribution in [0, 0.1) is 13.8 Å². The molecule has 0 saturated carbocycles. The van der Waals surface area contributed by atoms with Gasteiger partial charge in [0.05, 0.1) is 0 Å². The van der Waals surface area contributed by atoms with E-state index >= 15 is 0 Å². The van der Waals surface area contributed by atoms with Crippen molar-refractivity contribution in [2.75, 3.05) is 13.2 Å². The first-order chi connectivity index (χ1) is 14.7. The fourth-order valence-corrected chi connectivity index (χ4v) is 3.52. The second-order valence-corrected chi connectivity index (χ2v) is 8.39. The van der Waals surface area contributed by atoms with Crippen molar-refractivity contribution in [2.45, 2.75) is 53.1 Å². The Hall–Kier alpha value is -2.24. The smallest absolute Gasteiger partial charge is 0.261 e. The van der Waals surface area contributed by atoms with Crippen molar-refractivity contribution in [3.05, 3.63) is 63.1 Å². The number of ether oxygens (including phenoxy) is 1. The van der Waals surface area contributed by atoms with E-state index in [1.165, 1.54) is 4.90 Å². The summed E-state index contributed by atoms with van der Waals surface area (Å²) in [6.45, 7) is 8.21. The zero-order valence-corrected chi connectivity index (χ0v) is 20.0. The molecule has 0 unspecified atom stereocenters. The predicted octanol–water partition coefficient (Wildman–Crippen LogP) is 5.32. The Morgan fingerprint density at radius 2 is 1.77 bits per heavy atom. The second kappa shape index (κ2) is 12.0. The van der Waals surface area contributed by atoms with Crippen molar-refractivity contribution >= 4 is 35.0 Å². The lowest BCUT2D eigenvalue weighted by atomic mass is 10.1. The number of halogens is 2. The van der Waals surface area contributed by atoms with E-state index in [0.717, 1.165) is 24.0 Å². The number of carbonyl (C=O) groups excluding carboxylic acids is 2. The van der Waals surface area contributed by atoms with Crippen molar-refractivity contribution in [1.82, 2.24) is 10.2 Å². The minimum atomic E-state index is -0.708. The van der Waals surface area contributed by atoms with Gasteiger partial charge in [0, 0.05) is 28.7 Å². The molecule has 1 N–H and O–H groups in total. The largest absolute Gasteiger partial charge is 0.484 e. The molecule has 2 amide bonds. The maximum absolute atomic E-state index is 13.1. The van der Waals surface area contributed by atoms with Crippen LogP contribution in [-0.4, -0.2) is 35.9 Å². The molecule has 2 aromatic rings. The van der Waals surface area contributed by atoms with Gasteiger partial charge in [-0.15, -0.1) is 0 Å². The lowest BCUT2D eigenvalue weighted by Gasteiger charge is -2.29. The molecule has 5 nitrogen and oxygen atoms in total. The third-order valence-electron chi connectivity index (χ3n) is 5.23. The molecule has 2 rings (SSSR count). The van der Waals surface area contributed by atoms with E-state index in [-0.39, 0.29) is 25.0 Å². The fraction of sp³-hybridized carbons (Fsp3) is 0.417. The number of rotatable bonds is 10. The van der Waals surface area contributed by atoms with Crippen molar-refractivity contribution < 1.29 is 14.3 Å². The maximum atomic E-state index is 13.1. The summed E-state index contributed by atoms with van der Waals surface area (Å²) in [6, 6.07) is 10.1. The van der Waals surface area contributed by atoms with Gasteiger partial charge in [0.2, 0.25) is 5.91 Å². The van der Waals surface area contributed by atoms with Crippen LogP contribution in [0.4, 0.5) is 0 Å². The molecule has 0 heterocycles. The van der Waals surface area contributed by atoms with Crippen LogP contribution in [0.3, 0.4) is 0 Å². The van der Waals surface area contributed by atoms with Crippen LogP contribution >= 0.6 is 23.2 Å². The number of aryl methyl sites for hydroxylation is 2. The molecule has 0 saturated heterocycles. The summed E-state index contributed by atoms with van der Waals surface area (Å²) in [4.78, 5) is 27.2.